The van der Waals surface area contributed by atoms with Crippen LogP contribution in [0.25, 0.3) is 0 Å². The van der Waals surface area contributed by atoms with Crippen LogP contribution in [0.2, 0.25) is 0 Å². The predicted molar refractivity (Wildman–Crippen MR) is 94.8 cm³/mol. The van der Waals surface area contributed by atoms with Crippen LogP contribution in [0.1, 0.15) is 28.8 Å². The van der Waals surface area contributed by atoms with E-state index < -0.39 is 11.9 Å². The van der Waals surface area contributed by atoms with Crippen molar-refractivity contribution in [2.45, 2.75) is 26.1 Å². The molecule has 2 N–H and O–H groups in total. The van der Waals surface area contributed by atoms with Crippen LogP contribution in [0, 0.1) is 11.3 Å². The van der Waals surface area contributed by atoms with Crippen LogP contribution in [0.5, 0.6) is 0 Å². The van der Waals surface area contributed by atoms with Gasteiger partial charge in [0.2, 0.25) is 0 Å². The van der Waals surface area contributed by atoms with E-state index in [0.29, 0.717) is 42.6 Å². The maximum absolute atomic E-state index is 12.5. The maximum atomic E-state index is 12.5. The molecule has 0 saturated heterocycles. The third-order valence-corrected chi connectivity index (χ3v) is 4.23. The molecule has 0 aliphatic rings. The SMILES string of the molecule is CCNC(=NCc1ccc(C#N)cc1)NCCc1nc(C(F)(F)F)cs1. The van der Waals surface area contributed by atoms with Crippen LogP contribution in [0.15, 0.2) is 34.6 Å². The van der Waals surface area contributed by atoms with Gasteiger partial charge in [-0.2, -0.15) is 18.4 Å². The molecular formula is C17H18F3N5S. The van der Waals surface area contributed by atoms with Crippen molar-refractivity contribution in [2.24, 2.45) is 4.99 Å². The van der Waals surface area contributed by atoms with Crippen LogP contribution in [0.3, 0.4) is 0 Å². The van der Waals surface area contributed by atoms with Crippen LogP contribution < -0.4 is 10.6 Å². The Bertz CT molecular complexity index is 775. The summed E-state index contributed by atoms with van der Waals surface area (Å²) in [7, 11) is 0. The molecule has 0 unspecified atom stereocenters. The zero-order valence-electron chi connectivity index (χ0n) is 14.1. The van der Waals surface area contributed by atoms with Gasteiger partial charge >= 0.3 is 6.18 Å². The predicted octanol–water partition coefficient (Wildman–Crippen LogP) is 3.33. The average molecular weight is 381 g/mol. The first-order valence-corrected chi connectivity index (χ1v) is 8.83. The first kappa shape index (κ1) is 19.7. The minimum atomic E-state index is -4.40. The molecule has 0 saturated carbocycles. The summed E-state index contributed by atoms with van der Waals surface area (Å²) in [4.78, 5) is 8.03. The van der Waals surface area contributed by atoms with Gasteiger partial charge in [-0.25, -0.2) is 9.98 Å². The maximum Gasteiger partial charge on any atom is 0.434 e. The summed E-state index contributed by atoms with van der Waals surface area (Å²) in [5.74, 6) is 0.574. The largest absolute Gasteiger partial charge is 0.434 e. The number of hydrogen-bond donors (Lipinski definition) is 2. The van der Waals surface area contributed by atoms with Gasteiger partial charge in [0.05, 0.1) is 23.2 Å². The van der Waals surface area contributed by atoms with Gasteiger partial charge in [-0.1, -0.05) is 12.1 Å². The zero-order valence-corrected chi connectivity index (χ0v) is 14.9. The zero-order chi connectivity index (χ0) is 19.0. The van der Waals surface area contributed by atoms with Gasteiger partial charge in [-0.15, -0.1) is 11.3 Å². The molecule has 0 bridgehead atoms. The van der Waals surface area contributed by atoms with Gasteiger partial charge in [0.1, 0.15) is 0 Å². The van der Waals surface area contributed by atoms with Crippen molar-refractivity contribution >= 4 is 17.3 Å². The topological polar surface area (TPSA) is 73.1 Å². The smallest absolute Gasteiger partial charge is 0.357 e. The Balaban J connectivity index is 1.88. The minimum absolute atomic E-state index is 0.377. The van der Waals surface area contributed by atoms with E-state index >= 15 is 0 Å². The molecule has 2 rings (SSSR count). The number of nitrogens with zero attached hydrogens (tertiary/aromatic N) is 3. The third-order valence-electron chi connectivity index (χ3n) is 3.32. The second kappa shape index (κ2) is 9.20. The fourth-order valence-corrected chi connectivity index (χ4v) is 2.85. The molecule has 0 atom stereocenters. The molecule has 1 aromatic carbocycles. The van der Waals surface area contributed by atoms with Gasteiger partial charge < -0.3 is 10.6 Å². The number of alkyl halides is 3. The molecule has 0 aliphatic carbocycles. The lowest BCUT2D eigenvalue weighted by Gasteiger charge is -2.10. The van der Waals surface area contributed by atoms with E-state index in [1.807, 2.05) is 19.1 Å². The first-order valence-electron chi connectivity index (χ1n) is 7.95. The Morgan fingerprint density at radius 1 is 1.27 bits per heavy atom. The number of halogens is 3. The van der Waals surface area contributed by atoms with Crippen molar-refractivity contribution in [2.75, 3.05) is 13.1 Å². The molecular weight excluding hydrogens is 363 g/mol. The normalized spacial score (nSPS) is 11.9. The Morgan fingerprint density at radius 3 is 2.58 bits per heavy atom. The van der Waals surface area contributed by atoms with Gasteiger partial charge in [0.15, 0.2) is 11.7 Å². The summed E-state index contributed by atoms with van der Waals surface area (Å²) in [6.45, 7) is 3.44. The summed E-state index contributed by atoms with van der Waals surface area (Å²) < 4.78 is 37.6. The van der Waals surface area contributed by atoms with Crippen molar-refractivity contribution in [1.82, 2.24) is 15.6 Å². The van der Waals surface area contributed by atoms with E-state index in [1.54, 1.807) is 12.1 Å². The standard InChI is InChI=1S/C17H18F3N5S/c1-2-22-16(24-10-13-5-3-12(9-21)4-6-13)23-8-7-15-25-14(11-26-15)17(18,19)20/h3-6,11H,2,7-8,10H2,1H3,(H2,22,23,24). The number of aromatic nitrogens is 1. The number of nitrogens with one attached hydrogen (secondary N) is 2. The fraction of sp³-hybridized carbons (Fsp3) is 0.353. The molecule has 5 nitrogen and oxygen atoms in total. The summed E-state index contributed by atoms with van der Waals surface area (Å²) in [5, 5.41) is 16.4. The van der Waals surface area contributed by atoms with Crippen LogP contribution in [-0.2, 0) is 19.1 Å². The molecule has 1 heterocycles. The van der Waals surface area contributed by atoms with E-state index in [-0.39, 0.29) is 0 Å². The van der Waals surface area contributed by atoms with Gasteiger partial charge in [-0.3, -0.25) is 0 Å². The number of guanidine groups is 1. The number of rotatable bonds is 6. The monoisotopic (exact) mass is 381 g/mol. The number of hydrogen-bond acceptors (Lipinski definition) is 4. The lowest BCUT2D eigenvalue weighted by molar-refractivity contribution is -0.140. The van der Waals surface area contributed by atoms with Crippen molar-refractivity contribution in [3.8, 4) is 6.07 Å². The number of aliphatic imine (C=N–C) groups is 1. The molecule has 2 aromatic rings. The van der Waals surface area contributed by atoms with E-state index in [2.05, 4.69) is 26.7 Å². The van der Waals surface area contributed by atoms with E-state index in [1.165, 1.54) is 0 Å². The van der Waals surface area contributed by atoms with Crippen molar-refractivity contribution in [1.29, 1.82) is 5.26 Å². The average Bonchev–Trinajstić information content (AvgIpc) is 3.09. The number of thiazole rings is 1. The Hall–Kier alpha value is -2.60. The van der Waals surface area contributed by atoms with Gasteiger partial charge in [-0.05, 0) is 24.6 Å². The fourth-order valence-electron chi connectivity index (χ4n) is 2.04. The molecule has 26 heavy (non-hydrogen) atoms. The second-order valence-electron chi connectivity index (χ2n) is 5.30. The Kier molecular flexibility index (Phi) is 6.97. The number of nitriles is 1. The minimum Gasteiger partial charge on any atom is -0.357 e. The van der Waals surface area contributed by atoms with E-state index in [4.69, 9.17) is 5.26 Å². The van der Waals surface area contributed by atoms with Crippen LogP contribution in [-0.4, -0.2) is 24.0 Å². The van der Waals surface area contributed by atoms with Gasteiger partial charge in [0.25, 0.3) is 0 Å². The quantitative estimate of drug-likeness (QED) is 0.595. The highest BCUT2D eigenvalue weighted by atomic mass is 32.1. The highest BCUT2D eigenvalue weighted by Crippen LogP contribution is 2.29. The molecule has 9 heteroatoms. The lowest BCUT2D eigenvalue weighted by atomic mass is 10.1. The summed E-state index contributed by atoms with van der Waals surface area (Å²) in [6, 6.07) is 9.18. The van der Waals surface area contributed by atoms with Crippen molar-refractivity contribution < 1.29 is 13.2 Å². The summed E-state index contributed by atoms with van der Waals surface area (Å²) in [5.41, 5.74) is 0.694. The first-order chi connectivity index (χ1) is 12.4. The van der Waals surface area contributed by atoms with E-state index in [0.717, 1.165) is 22.3 Å². The molecule has 0 fully saturated rings. The summed E-state index contributed by atoms with van der Waals surface area (Å²) in [6.07, 6.45) is -4.03. The Morgan fingerprint density at radius 2 is 2.00 bits per heavy atom. The number of benzene rings is 1. The lowest BCUT2D eigenvalue weighted by Crippen LogP contribution is -2.38. The molecule has 0 spiro atoms. The highest BCUT2D eigenvalue weighted by Gasteiger charge is 2.33. The summed E-state index contributed by atoms with van der Waals surface area (Å²) >= 11 is 0.997. The second-order valence-corrected chi connectivity index (χ2v) is 6.25. The molecule has 0 amide bonds. The van der Waals surface area contributed by atoms with Gasteiger partial charge in [0, 0.05) is 24.9 Å². The third kappa shape index (κ3) is 6.04. The molecule has 0 radical (unpaired) electrons. The van der Waals surface area contributed by atoms with E-state index in [9.17, 15) is 13.2 Å². The van der Waals surface area contributed by atoms with Crippen LogP contribution >= 0.6 is 11.3 Å². The Labute approximate surface area is 153 Å². The highest BCUT2D eigenvalue weighted by molar-refractivity contribution is 7.09. The van der Waals surface area contributed by atoms with Crippen LogP contribution in [0.4, 0.5) is 13.2 Å². The van der Waals surface area contributed by atoms with Crippen molar-refractivity contribution in [3.05, 3.63) is 51.5 Å². The molecule has 138 valence electrons. The van der Waals surface area contributed by atoms with Crippen molar-refractivity contribution in [3.63, 3.8) is 0 Å². The molecule has 1 aromatic heterocycles. The molecule has 0 aliphatic heterocycles.